The third kappa shape index (κ3) is 22.3. The molecule has 0 radical (unpaired) electrons. The van der Waals surface area contributed by atoms with Gasteiger partial charge in [0.1, 0.15) is 13.7 Å². The Labute approximate surface area is 436 Å². The largest absolute Gasteiger partial charge is 0.756 e. The van der Waals surface area contributed by atoms with Crippen LogP contribution in [-0.4, -0.2) is 49.7 Å². The number of carbonyl (C=O) groups excluding carboxylic acids is 2. The summed E-state index contributed by atoms with van der Waals surface area (Å²) in [6, 6.07) is 12.5. The maximum atomic E-state index is 12.4. The minimum Gasteiger partial charge on any atom is -0.756 e. The van der Waals surface area contributed by atoms with Crippen LogP contribution >= 0.6 is 7.82 Å². The molecule has 0 spiro atoms. The number of aromatic nitrogens is 1. The number of phosphoric acid groups is 1. The number of esters is 2. The monoisotopic (exact) mass is 1040 g/mol. The summed E-state index contributed by atoms with van der Waals surface area (Å²) in [6.07, 6.45) is 38.7. The van der Waals surface area contributed by atoms with Crippen LogP contribution in [0.1, 0.15) is 219 Å². The molecular weight excluding hydrogens is 946 g/mol. The third-order valence-electron chi connectivity index (χ3n) is 14.1. The van der Waals surface area contributed by atoms with Crippen LogP contribution in [0.15, 0.2) is 42.6 Å². The van der Waals surface area contributed by atoms with Crippen molar-refractivity contribution < 1.29 is 61.5 Å². The van der Waals surface area contributed by atoms with Gasteiger partial charge < -0.3 is 42.7 Å². The van der Waals surface area contributed by atoms with Crippen LogP contribution in [0.5, 0.6) is 23.0 Å². The average molecular weight is 1040 g/mol. The molecule has 1 N–H and O–H groups in total. The van der Waals surface area contributed by atoms with Crippen molar-refractivity contribution >= 4 is 52.2 Å². The Hall–Kier alpha value is -4.16. The Morgan fingerprint density at radius 3 is 1.53 bits per heavy atom. The number of nitrogens with zero attached hydrogens (tertiary/aromatic N) is 1. The van der Waals surface area contributed by atoms with Crippen LogP contribution in [-0.2, 0) is 35.2 Å². The van der Waals surface area contributed by atoms with Crippen molar-refractivity contribution in [2.45, 2.75) is 225 Å². The quantitative estimate of drug-likeness (QED) is 0.0149. The Morgan fingerprint density at radius 1 is 0.562 bits per heavy atom. The molecule has 6 rings (SSSR count). The van der Waals surface area contributed by atoms with E-state index in [1.807, 2.05) is 12.1 Å². The first-order chi connectivity index (χ1) is 35.6. The van der Waals surface area contributed by atoms with Crippen LogP contribution in [0.4, 0.5) is 0 Å². The van der Waals surface area contributed by atoms with Gasteiger partial charge >= 0.3 is 11.9 Å². The number of unbranched alkanes of at least 4 members (excludes halogenated alkanes) is 28. The number of carbonyl (C=O) groups is 2. The number of hydrogen-bond donors (Lipinski definition) is 1. The van der Waals surface area contributed by atoms with E-state index >= 15 is 0 Å². The Kier molecular flexibility index (Phi) is 28.2. The molecular formula is C59H90NO12P. The Bertz CT molecular complexity index is 2280. The lowest BCUT2D eigenvalue weighted by Gasteiger charge is -2.21. The number of ether oxygens (including phenoxy) is 6. The van der Waals surface area contributed by atoms with Crippen molar-refractivity contribution in [2.75, 3.05) is 26.8 Å². The van der Waals surface area contributed by atoms with Crippen molar-refractivity contribution in [1.82, 2.24) is 0 Å². The molecule has 0 fully saturated rings. The summed E-state index contributed by atoms with van der Waals surface area (Å²) in [6.45, 7) is 4.17. The lowest BCUT2D eigenvalue weighted by Crippen LogP contribution is -2.30. The molecule has 408 valence electrons. The first-order valence-electron chi connectivity index (χ1n) is 28.5. The van der Waals surface area contributed by atoms with Gasteiger partial charge in [-0.1, -0.05) is 200 Å². The molecule has 73 heavy (non-hydrogen) atoms. The highest BCUT2D eigenvalue weighted by molar-refractivity contribution is 7.44. The zero-order valence-electron chi connectivity index (χ0n) is 44.9. The fraction of sp³-hybridized carbons (Fsp3) is 0.678. The SMILES string of the molecule is CCCCCCCCCCCCCCCCCC(=O)OCC(COP(=O)([O-])O)OC(=O)CCCCCCCCCCCCCCCCC.C[n+]1cc2c3c(ccc2c2ccc4cc5c(cc4c21)OCO5)OCO3. The van der Waals surface area contributed by atoms with E-state index in [9.17, 15) is 19.0 Å². The summed E-state index contributed by atoms with van der Waals surface area (Å²) in [5.74, 6) is 2.32. The van der Waals surface area contributed by atoms with Crippen molar-refractivity contribution in [3.05, 3.63) is 42.6 Å². The van der Waals surface area contributed by atoms with Crippen LogP contribution in [0.3, 0.4) is 0 Å². The molecule has 1 aromatic heterocycles. The number of hydrogen-bond acceptors (Lipinski definition) is 11. The maximum absolute atomic E-state index is 12.4. The van der Waals surface area contributed by atoms with Crippen LogP contribution in [0.25, 0.3) is 32.4 Å². The van der Waals surface area contributed by atoms with E-state index in [0.717, 1.165) is 88.6 Å². The van der Waals surface area contributed by atoms with E-state index in [2.05, 4.69) is 60.4 Å². The first kappa shape index (κ1) is 59.7. The summed E-state index contributed by atoms with van der Waals surface area (Å²) in [7, 11) is -2.94. The maximum Gasteiger partial charge on any atom is 0.306 e. The Balaban J connectivity index is 0.000000321. The van der Waals surface area contributed by atoms with E-state index in [-0.39, 0.29) is 33.0 Å². The van der Waals surface area contributed by atoms with Gasteiger partial charge in [0.05, 0.1) is 22.8 Å². The molecule has 4 aromatic rings. The Morgan fingerprint density at radius 2 is 1.01 bits per heavy atom. The fourth-order valence-corrected chi connectivity index (χ4v) is 10.3. The molecule has 0 bridgehead atoms. The van der Waals surface area contributed by atoms with E-state index in [4.69, 9.17) is 33.3 Å². The predicted molar refractivity (Wildman–Crippen MR) is 288 cm³/mol. The molecule has 14 heteroatoms. The number of fused-ring (bicyclic) bond motifs is 8. The van der Waals surface area contributed by atoms with E-state index in [0.29, 0.717) is 6.42 Å². The second-order valence-electron chi connectivity index (χ2n) is 20.3. The van der Waals surface area contributed by atoms with Crippen molar-refractivity contribution in [3.8, 4) is 23.0 Å². The van der Waals surface area contributed by atoms with Gasteiger partial charge in [-0.15, -0.1) is 0 Å². The van der Waals surface area contributed by atoms with E-state index in [1.165, 1.54) is 153 Å². The molecule has 3 aromatic carbocycles. The molecule has 0 aliphatic carbocycles. The minimum atomic E-state index is -4.99. The number of benzene rings is 3. The lowest BCUT2D eigenvalue weighted by atomic mass is 10.00. The highest BCUT2D eigenvalue weighted by Crippen LogP contribution is 2.43. The molecule has 0 saturated carbocycles. The highest BCUT2D eigenvalue weighted by Gasteiger charge is 2.25. The molecule has 2 unspecified atom stereocenters. The van der Waals surface area contributed by atoms with Crippen molar-refractivity contribution in [3.63, 3.8) is 0 Å². The standard InChI is InChI=1S/C39H77O8P.C20H14NO4/c1-3-5-7-9-11-13-15-17-19-21-23-25-27-29-31-33-38(40)45-35-37(36-46-48(42,43)44)47-39(41)34-32-30-28-26-24-22-20-18-16-14-12-10-8-6-4-2;1-21-8-15-12(4-5-16-20(15)25-10-22-16)13-3-2-11-6-17-18(24-9-23-17)7-14(11)19(13)21/h37H,3-36H2,1-2H3,(H2,42,43,44);2-8H,9-10H2,1H3/q;+1/p-1. The average Bonchev–Trinajstić information content (AvgIpc) is 4.06. The molecule has 3 heterocycles. The van der Waals surface area contributed by atoms with Crippen molar-refractivity contribution in [2.24, 2.45) is 7.05 Å². The normalized spacial score (nSPS) is 13.8. The number of aryl methyl sites for hydroxylation is 1. The summed E-state index contributed by atoms with van der Waals surface area (Å²) in [5, 5.41) is 5.66. The summed E-state index contributed by atoms with van der Waals surface area (Å²) in [4.78, 5) is 44.6. The van der Waals surface area contributed by atoms with Crippen LogP contribution in [0.2, 0.25) is 0 Å². The number of phosphoric ester groups is 1. The van der Waals surface area contributed by atoms with Gasteiger partial charge in [-0.3, -0.25) is 14.2 Å². The number of pyridine rings is 1. The zero-order valence-corrected chi connectivity index (χ0v) is 45.8. The molecule has 2 atom stereocenters. The van der Waals surface area contributed by atoms with Gasteiger partial charge in [-0.25, -0.2) is 0 Å². The summed E-state index contributed by atoms with van der Waals surface area (Å²) >= 11 is 0. The molecule has 0 saturated heterocycles. The highest BCUT2D eigenvalue weighted by atomic mass is 31.2. The fourth-order valence-electron chi connectivity index (χ4n) is 9.99. The van der Waals surface area contributed by atoms with Gasteiger partial charge in [-0.05, 0) is 48.6 Å². The molecule has 2 aliphatic heterocycles. The van der Waals surface area contributed by atoms with E-state index in [1.54, 1.807) is 0 Å². The molecule has 2 aliphatic rings. The number of rotatable bonds is 38. The first-order valence-corrected chi connectivity index (χ1v) is 30.0. The van der Waals surface area contributed by atoms with E-state index < -0.39 is 32.5 Å². The second kappa shape index (κ2) is 34.4. The summed E-state index contributed by atoms with van der Waals surface area (Å²) in [5.41, 5.74) is 1.15. The van der Waals surface area contributed by atoms with Crippen LogP contribution < -0.4 is 28.4 Å². The van der Waals surface area contributed by atoms with Crippen LogP contribution in [0, 0.1) is 0 Å². The van der Waals surface area contributed by atoms with Crippen molar-refractivity contribution in [1.29, 1.82) is 0 Å². The topological polar surface area (TPSA) is 163 Å². The van der Waals surface area contributed by atoms with Gasteiger partial charge in [0.2, 0.25) is 19.1 Å². The smallest absolute Gasteiger partial charge is 0.306 e. The predicted octanol–water partition coefficient (Wildman–Crippen LogP) is 14.9. The lowest BCUT2D eigenvalue weighted by molar-refractivity contribution is -0.642. The molecule has 0 amide bonds. The zero-order chi connectivity index (χ0) is 51.9. The summed E-state index contributed by atoms with van der Waals surface area (Å²) < 4.78 is 50.5. The van der Waals surface area contributed by atoms with Gasteiger partial charge in [0.15, 0.2) is 35.3 Å². The minimum absolute atomic E-state index is 0.204. The third-order valence-corrected chi connectivity index (χ3v) is 14.6. The van der Waals surface area contributed by atoms with Gasteiger partial charge in [-0.2, -0.15) is 4.57 Å². The van der Waals surface area contributed by atoms with Gasteiger partial charge in [0.25, 0.3) is 7.82 Å². The second-order valence-corrected chi connectivity index (χ2v) is 21.5. The molecule has 13 nitrogen and oxygen atoms in total. The van der Waals surface area contributed by atoms with Gasteiger partial charge in [0, 0.05) is 18.2 Å².